The Morgan fingerprint density at radius 3 is 2.33 bits per heavy atom. The van der Waals surface area contributed by atoms with Crippen molar-refractivity contribution in [2.75, 3.05) is 6.61 Å². The summed E-state index contributed by atoms with van der Waals surface area (Å²) in [4.78, 5) is 4.08. The SMILES string of the molecule is N#CCO[NH3+].[Cl-]. The van der Waals surface area contributed by atoms with Crippen LogP contribution in [0.1, 0.15) is 0 Å². The van der Waals surface area contributed by atoms with Crippen molar-refractivity contribution in [1.82, 2.24) is 0 Å². The number of nitrogens with zero attached hydrogens (tertiary/aromatic N) is 1. The van der Waals surface area contributed by atoms with Gasteiger partial charge in [0.15, 0.2) is 6.61 Å². The smallest absolute Gasteiger partial charge is 0.192 e. The van der Waals surface area contributed by atoms with Crippen molar-refractivity contribution in [3.8, 4) is 6.07 Å². The average Bonchev–Trinajstić information content (AvgIpc) is 1.41. The van der Waals surface area contributed by atoms with Crippen LogP contribution in [0.3, 0.4) is 0 Å². The zero-order valence-electron chi connectivity index (χ0n) is 3.15. The van der Waals surface area contributed by atoms with Gasteiger partial charge in [-0.05, 0) is 0 Å². The van der Waals surface area contributed by atoms with E-state index in [9.17, 15) is 0 Å². The van der Waals surface area contributed by atoms with Crippen molar-refractivity contribution < 1.29 is 23.1 Å². The summed E-state index contributed by atoms with van der Waals surface area (Å²) in [7, 11) is 0. The Bertz CT molecular complexity index is 50.0. The minimum atomic E-state index is 0. The third-order valence-electron chi connectivity index (χ3n) is 0.167. The molecule has 0 atom stereocenters. The van der Waals surface area contributed by atoms with Crippen LogP contribution in [-0.4, -0.2) is 6.61 Å². The highest BCUT2D eigenvalue weighted by Gasteiger charge is 1.67. The van der Waals surface area contributed by atoms with E-state index in [1.807, 2.05) is 0 Å². The molecule has 0 aromatic rings. The van der Waals surface area contributed by atoms with E-state index >= 15 is 0 Å². The van der Waals surface area contributed by atoms with Crippen LogP contribution in [0.2, 0.25) is 0 Å². The Balaban J connectivity index is 0. The van der Waals surface area contributed by atoms with Crippen LogP contribution >= 0.6 is 0 Å². The standard InChI is InChI=1S/C2H5N2O.ClH/c3-1-2-5-4;/h2H2,4H3;1H/q+1;/p-1. The van der Waals surface area contributed by atoms with E-state index < -0.39 is 0 Å². The van der Waals surface area contributed by atoms with Gasteiger partial charge >= 0.3 is 0 Å². The Morgan fingerprint density at radius 1 is 1.83 bits per heavy atom. The molecule has 0 rings (SSSR count). The fourth-order valence-corrected chi connectivity index (χ4v) is 0.0456. The third-order valence-corrected chi connectivity index (χ3v) is 0.167. The summed E-state index contributed by atoms with van der Waals surface area (Å²) in [6.45, 7) is 0.0833. The molecule has 0 aliphatic rings. The first-order chi connectivity index (χ1) is 2.41. The topological polar surface area (TPSA) is 60.7 Å². The fourth-order valence-electron chi connectivity index (χ4n) is 0.0456. The lowest BCUT2D eigenvalue weighted by molar-refractivity contribution is -0.685. The largest absolute Gasteiger partial charge is 1.00 e. The second kappa shape index (κ2) is 8.83. The molecule has 0 aliphatic heterocycles. The Kier molecular flexibility index (Phi) is 13.5. The highest BCUT2D eigenvalue weighted by molar-refractivity contribution is 4.64. The molecule has 0 saturated carbocycles. The highest BCUT2D eigenvalue weighted by Crippen LogP contribution is 1.45. The molecule has 0 aromatic heterocycles. The summed E-state index contributed by atoms with van der Waals surface area (Å²) >= 11 is 0. The van der Waals surface area contributed by atoms with E-state index in [1.165, 1.54) is 0 Å². The molecule has 3 nitrogen and oxygen atoms in total. The lowest BCUT2D eigenvalue weighted by atomic mass is 10.9. The maximum Gasteiger partial charge on any atom is 0.192 e. The van der Waals surface area contributed by atoms with Crippen molar-refractivity contribution in [2.45, 2.75) is 0 Å². The summed E-state index contributed by atoms with van der Waals surface area (Å²) in [5.74, 6) is 2.95. The molecule has 0 aromatic carbocycles. The van der Waals surface area contributed by atoms with Crippen molar-refractivity contribution in [2.24, 2.45) is 0 Å². The lowest BCUT2D eigenvalue weighted by Crippen LogP contribution is -3.00. The molecule has 3 N–H and O–H groups in total. The van der Waals surface area contributed by atoms with Gasteiger partial charge in [-0.1, -0.05) is 0 Å². The van der Waals surface area contributed by atoms with Gasteiger partial charge in [0.25, 0.3) is 0 Å². The van der Waals surface area contributed by atoms with Crippen LogP contribution in [-0.2, 0) is 4.84 Å². The van der Waals surface area contributed by atoms with Crippen LogP contribution in [0.5, 0.6) is 0 Å². The summed E-state index contributed by atoms with van der Waals surface area (Å²) in [5, 5.41) is 7.65. The van der Waals surface area contributed by atoms with Gasteiger partial charge in [0.05, 0.1) is 6.07 Å². The number of nitriles is 1. The van der Waals surface area contributed by atoms with Crippen molar-refractivity contribution in [1.29, 1.82) is 5.26 Å². The summed E-state index contributed by atoms with van der Waals surface area (Å²) in [6.07, 6.45) is 0. The monoisotopic (exact) mass is 108 g/mol. The van der Waals surface area contributed by atoms with E-state index in [0.29, 0.717) is 0 Å². The van der Waals surface area contributed by atoms with E-state index in [1.54, 1.807) is 6.07 Å². The number of hydrogen-bond acceptors (Lipinski definition) is 2. The number of halogens is 1. The molecule has 0 amide bonds. The zero-order valence-corrected chi connectivity index (χ0v) is 3.90. The van der Waals surface area contributed by atoms with Crippen LogP contribution in [0, 0.1) is 11.3 Å². The number of hydrogen-bond donors (Lipinski definition) is 1. The predicted molar refractivity (Wildman–Crippen MR) is 14.5 cm³/mol. The Labute approximate surface area is 42.1 Å². The van der Waals surface area contributed by atoms with E-state index in [4.69, 9.17) is 5.26 Å². The van der Waals surface area contributed by atoms with Crippen molar-refractivity contribution in [3.05, 3.63) is 0 Å². The lowest BCUT2D eigenvalue weighted by Gasteiger charge is -1.68. The van der Waals surface area contributed by atoms with Gasteiger partial charge in [-0.25, -0.2) is 5.90 Å². The third kappa shape index (κ3) is 9.33. The second-order valence-electron chi connectivity index (χ2n) is 0.507. The maximum absolute atomic E-state index is 7.65. The molecule has 0 fully saturated rings. The zero-order chi connectivity index (χ0) is 4.12. The van der Waals surface area contributed by atoms with Crippen LogP contribution < -0.4 is 18.3 Å². The second-order valence-corrected chi connectivity index (χ2v) is 0.507. The number of quaternary nitrogens is 1. The van der Waals surface area contributed by atoms with Gasteiger partial charge in [-0.3, -0.25) is 0 Å². The van der Waals surface area contributed by atoms with Crippen molar-refractivity contribution >= 4 is 0 Å². The summed E-state index contributed by atoms with van der Waals surface area (Å²) < 4.78 is 0. The van der Waals surface area contributed by atoms with Gasteiger partial charge in [-0.2, -0.15) is 10.1 Å². The minimum absolute atomic E-state index is 0. The van der Waals surface area contributed by atoms with Gasteiger partial charge < -0.3 is 12.4 Å². The molecule has 0 saturated heterocycles. The highest BCUT2D eigenvalue weighted by atomic mass is 35.5. The van der Waals surface area contributed by atoms with E-state index in [2.05, 4.69) is 10.7 Å². The molecule has 36 valence electrons. The molecule has 4 heteroatoms. The van der Waals surface area contributed by atoms with Gasteiger partial charge in [0, 0.05) is 0 Å². The fraction of sp³-hybridized carbons (Fsp3) is 0.500. The molecular weight excluding hydrogens is 103 g/mol. The summed E-state index contributed by atoms with van der Waals surface area (Å²) in [5.41, 5.74) is 0. The first-order valence-electron chi connectivity index (χ1n) is 1.15. The predicted octanol–water partition coefficient (Wildman–Crippen LogP) is -4.31. The van der Waals surface area contributed by atoms with E-state index in [-0.39, 0.29) is 19.0 Å². The van der Waals surface area contributed by atoms with Crippen LogP contribution in [0.25, 0.3) is 0 Å². The van der Waals surface area contributed by atoms with Gasteiger partial charge in [-0.15, -0.1) is 0 Å². The molecule has 0 spiro atoms. The number of rotatable bonds is 1. The van der Waals surface area contributed by atoms with Crippen molar-refractivity contribution in [3.63, 3.8) is 0 Å². The quantitative estimate of drug-likeness (QED) is 0.346. The summed E-state index contributed by atoms with van der Waals surface area (Å²) in [6, 6.07) is 1.73. The average molecular weight is 109 g/mol. The molecular formula is C2H5ClN2O. The Hall–Kier alpha value is -0.300. The maximum atomic E-state index is 7.65. The van der Waals surface area contributed by atoms with Gasteiger partial charge in [0.1, 0.15) is 0 Å². The molecule has 6 heavy (non-hydrogen) atoms. The van der Waals surface area contributed by atoms with Gasteiger partial charge in [0.2, 0.25) is 0 Å². The molecule has 0 aliphatic carbocycles. The normalized spacial score (nSPS) is 5.33. The van der Waals surface area contributed by atoms with Crippen LogP contribution in [0.4, 0.5) is 0 Å². The van der Waals surface area contributed by atoms with Crippen LogP contribution in [0.15, 0.2) is 0 Å². The minimum Gasteiger partial charge on any atom is -1.00 e. The molecule has 0 radical (unpaired) electrons. The first kappa shape index (κ1) is 9.20. The molecule has 0 bridgehead atoms. The Morgan fingerprint density at radius 2 is 2.33 bits per heavy atom. The molecule has 0 unspecified atom stereocenters. The first-order valence-corrected chi connectivity index (χ1v) is 1.15. The molecule has 0 heterocycles. The van der Waals surface area contributed by atoms with E-state index in [0.717, 1.165) is 0 Å².